The predicted molar refractivity (Wildman–Crippen MR) is 131 cm³/mol. The van der Waals surface area contributed by atoms with E-state index in [-0.39, 0.29) is 11.3 Å². The number of methoxy groups -OCH3 is 1. The summed E-state index contributed by atoms with van der Waals surface area (Å²) in [4.78, 5) is 32.5. The minimum atomic E-state index is -0.894. The molecule has 172 valence electrons. The highest BCUT2D eigenvalue weighted by atomic mass is 35.5. The van der Waals surface area contributed by atoms with Crippen LogP contribution < -0.4 is 9.64 Å². The van der Waals surface area contributed by atoms with Gasteiger partial charge in [0.1, 0.15) is 23.0 Å². The summed E-state index contributed by atoms with van der Waals surface area (Å²) in [6.45, 7) is 3.44. The van der Waals surface area contributed by atoms with Crippen molar-refractivity contribution in [1.29, 1.82) is 0 Å². The number of hydrogen-bond acceptors (Lipinski definition) is 7. The molecule has 1 aliphatic heterocycles. The summed E-state index contributed by atoms with van der Waals surface area (Å²) in [5.41, 5.74) is 1.61. The van der Waals surface area contributed by atoms with Crippen molar-refractivity contribution in [1.82, 2.24) is 4.98 Å². The summed E-state index contributed by atoms with van der Waals surface area (Å²) in [7, 11) is 1.57. The quantitative estimate of drug-likeness (QED) is 0.219. The van der Waals surface area contributed by atoms with Gasteiger partial charge in [0.05, 0.1) is 34.5 Å². The summed E-state index contributed by atoms with van der Waals surface area (Å²) < 4.78 is 11.6. The lowest BCUT2D eigenvalue weighted by Crippen LogP contribution is -2.29. The molecule has 0 saturated carbocycles. The summed E-state index contributed by atoms with van der Waals surface area (Å²) in [6, 6.07) is 12.9. The molecule has 0 aliphatic carbocycles. The van der Waals surface area contributed by atoms with Crippen LogP contribution >= 0.6 is 22.9 Å². The second-order valence-electron chi connectivity index (χ2n) is 7.88. The van der Waals surface area contributed by atoms with Gasteiger partial charge in [0.15, 0.2) is 5.13 Å². The van der Waals surface area contributed by atoms with Gasteiger partial charge in [0.2, 0.25) is 0 Å². The first kappa shape index (κ1) is 22.2. The number of nitrogens with zero attached hydrogens (tertiary/aromatic N) is 2. The van der Waals surface area contributed by atoms with E-state index in [0.717, 1.165) is 4.70 Å². The number of carbonyl (C=O) groups is 2. The Kier molecular flexibility index (Phi) is 5.42. The SMILES string of the molecule is COc1ccc2nc(N3C(=O)C(=O)/C(=C(/O)c4cc(C)oc4C)C3c3ccc(Cl)cc3)sc2c1. The van der Waals surface area contributed by atoms with Gasteiger partial charge in [-0.25, -0.2) is 4.98 Å². The van der Waals surface area contributed by atoms with E-state index in [9.17, 15) is 14.7 Å². The van der Waals surface area contributed by atoms with E-state index in [0.29, 0.717) is 44.1 Å². The molecule has 2 aromatic heterocycles. The molecule has 3 heterocycles. The number of Topliss-reactive ketones (excluding diaryl/α,β-unsaturated/α-hetero) is 1. The minimum absolute atomic E-state index is 0.0342. The molecule has 2 aromatic carbocycles. The fourth-order valence-corrected chi connectivity index (χ4v) is 5.27. The largest absolute Gasteiger partial charge is 0.507 e. The predicted octanol–water partition coefficient (Wildman–Crippen LogP) is 5.79. The van der Waals surface area contributed by atoms with Crippen molar-refractivity contribution in [2.24, 2.45) is 0 Å². The zero-order valence-corrected chi connectivity index (χ0v) is 20.0. The molecule has 1 N–H and O–H groups in total. The monoisotopic (exact) mass is 494 g/mol. The molecule has 1 fully saturated rings. The van der Waals surface area contributed by atoms with Crippen LogP contribution in [0.3, 0.4) is 0 Å². The van der Waals surface area contributed by atoms with E-state index in [2.05, 4.69) is 4.98 Å². The fraction of sp³-hybridized carbons (Fsp3) is 0.160. The highest BCUT2D eigenvalue weighted by Crippen LogP contribution is 2.45. The van der Waals surface area contributed by atoms with Crippen LogP contribution in [0.2, 0.25) is 5.02 Å². The van der Waals surface area contributed by atoms with Crippen molar-refractivity contribution in [2.45, 2.75) is 19.9 Å². The van der Waals surface area contributed by atoms with Gasteiger partial charge in [-0.15, -0.1) is 0 Å². The Labute approximate surface area is 203 Å². The maximum Gasteiger partial charge on any atom is 0.301 e. The number of aliphatic hydroxyl groups is 1. The lowest BCUT2D eigenvalue weighted by atomic mass is 9.95. The van der Waals surface area contributed by atoms with Crippen LogP contribution in [0.1, 0.15) is 28.7 Å². The lowest BCUT2D eigenvalue weighted by molar-refractivity contribution is -0.132. The molecule has 1 aliphatic rings. The third kappa shape index (κ3) is 3.55. The molecule has 1 atom stereocenters. The molecular weight excluding hydrogens is 476 g/mol. The molecule has 34 heavy (non-hydrogen) atoms. The smallest absolute Gasteiger partial charge is 0.301 e. The van der Waals surface area contributed by atoms with E-state index in [4.69, 9.17) is 20.8 Å². The normalized spacial score (nSPS) is 17.6. The van der Waals surface area contributed by atoms with Gasteiger partial charge in [0, 0.05) is 5.02 Å². The van der Waals surface area contributed by atoms with Crippen LogP contribution in [0.4, 0.5) is 5.13 Å². The summed E-state index contributed by atoms with van der Waals surface area (Å²) >= 11 is 7.35. The first-order valence-electron chi connectivity index (χ1n) is 10.4. The van der Waals surface area contributed by atoms with E-state index in [1.807, 2.05) is 6.07 Å². The molecule has 4 aromatic rings. The number of aromatic nitrogens is 1. The summed E-state index contributed by atoms with van der Waals surface area (Å²) in [5.74, 6) is -0.180. The Balaban J connectivity index is 1.73. The molecule has 1 saturated heterocycles. The average Bonchev–Trinajstić information content (AvgIpc) is 3.46. The van der Waals surface area contributed by atoms with E-state index < -0.39 is 17.7 Å². The number of anilines is 1. The highest BCUT2D eigenvalue weighted by Gasteiger charge is 2.48. The zero-order valence-electron chi connectivity index (χ0n) is 18.5. The lowest BCUT2D eigenvalue weighted by Gasteiger charge is -2.22. The fourth-order valence-electron chi connectivity index (χ4n) is 4.12. The maximum atomic E-state index is 13.3. The molecule has 1 unspecified atom stereocenters. The standard InChI is InChI=1S/C25H19ClN2O5S/c1-12-10-17(13(2)33-12)22(29)20-21(14-4-6-15(26)7-5-14)28(24(31)23(20)30)25-27-18-9-8-16(32-3)11-19(18)34-25/h4-11,21,29H,1-3H3/b22-20+. The number of furan rings is 1. The van der Waals surface area contributed by atoms with Gasteiger partial charge in [-0.3, -0.25) is 14.5 Å². The van der Waals surface area contributed by atoms with E-state index >= 15 is 0 Å². The highest BCUT2D eigenvalue weighted by molar-refractivity contribution is 7.22. The molecule has 0 spiro atoms. The number of benzene rings is 2. The molecule has 5 rings (SSSR count). The minimum Gasteiger partial charge on any atom is -0.507 e. The van der Waals surface area contributed by atoms with Gasteiger partial charge in [0.25, 0.3) is 5.78 Å². The number of thiazole rings is 1. The Morgan fingerprint density at radius 2 is 1.88 bits per heavy atom. The maximum absolute atomic E-state index is 13.3. The molecule has 0 radical (unpaired) electrons. The van der Waals surface area contributed by atoms with Crippen LogP contribution in [0.15, 0.2) is 58.5 Å². The third-order valence-corrected chi connectivity index (χ3v) is 6.99. The number of carbonyl (C=O) groups excluding carboxylic acids is 2. The van der Waals surface area contributed by atoms with Gasteiger partial charge < -0.3 is 14.3 Å². The molecule has 9 heteroatoms. The van der Waals surface area contributed by atoms with Crippen LogP contribution in [0, 0.1) is 13.8 Å². The van der Waals surface area contributed by atoms with Crippen molar-refractivity contribution in [3.05, 3.63) is 81.8 Å². The number of aliphatic hydroxyl groups excluding tert-OH is 1. The van der Waals surface area contributed by atoms with E-state index in [1.54, 1.807) is 63.4 Å². The number of ether oxygens (including phenoxy) is 1. The van der Waals surface area contributed by atoms with Gasteiger partial charge >= 0.3 is 5.91 Å². The number of hydrogen-bond donors (Lipinski definition) is 1. The number of fused-ring (bicyclic) bond motifs is 1. The van der Waals surface area contributed by atoms with Gasteiger partial charge in [-0.2, -0.15) is 0 Å². The first-order valence-corrected chi connectivity index (χ1v) is 11.6. The van der Waals surface area contributed by atoms with Crippen molar-refractivity contribution < 1.29 is 23.8 Å². The number of halogens is 1. The van der Waals surface area contributed by atoms with Crippen LogP contribution in [0.5, 0.6) is 5.75 Å². The number of ketones is 1. The van der Waals surface area contributed by atoms with Crippen LogP contribution in [0.25, 0.3) is 16.0 Å². The van der Waals surface area contributed by atoms with E-state index in [1.165, 1.54) is 16.2 Å². The summed E-state index contributed by atoms with van der Waals surface area (Å²) in [5, 5.41) is 12.1. The average molecular weight is 495 g/mol. The second kappa shape index (κ2) is 8.30. The topological polar surface area (TPSA) is 92.9 Å². The molecular formula is C25H19ClN2O5S. The number of aryl methyl sites for hydroxylation is 2. The molecule has 1 amide bonds. The van der Waals surface area contributed by atoms with Crippen LogP contribution in [-0.2, 0) is 9.59 Å². The van der Waals surface area contributed by atoms with Crippen molar-refractivity contribution in [3.8, 4) is 5.75 Å². The Morgan fingerprint density at radius 3 is 2.53 bits per heavy atom. The Hall–Kier alpha value is -3.62. The zero-order chi connectivity index (χ0) is 24.1. The van der Waals surface area contributed by atoms with Gasteiger partial charge in [-0.1, -0.05) is 35.1 Å². The Bertz CT molecular complexity index is 1480. The summed E-state index contributed by atoms with van der Waals surface area (Å²) in [6.07, 6.45) is 0. The van der Waals surface area contributed by atoms with Crippen LogP contribution in [-0.4, -0.2) is 28.9 Å². The van der Waals surface area contributed by atoms with Gasteiger partial charge in [-0.05, 0) is 55.8 Å². The third-order valence-electron chi connectivity index (χ3n) is 5.72. The number of rotatable bonds is 4. The van der Waals surface area contributed by atoms with Crippen molar-refractivity contribution in [3.63, 3.8) is 0 Å². The Morgan fingerprint density at radius 1 is 1.15 bits per heavy atom. The first-order chi connectivity index (χ1) is 16.3. The number of amides is 1. The molecule has 0 bridgehead atoms. The second-order valence-corrected chi connectivity index (χ2v) is 9.32. The molecule has 7 nitrogen and oxygen atoms in total. The van der Waals surface area contributed by atoms with Crippen molar-refractivity contribution >= 4 is 55.7 Å². The van der Waals surface area contributed by atoms with Crippen molar-refractivity contribution in [2.75, 3.05) is 12.0 Å².